The SMILES string of the molecule is CC1(C)[C@H]2COc3ccc4ccccc4c3[C@H]2N=C2SC3=C(CCc4ccccc43)N21. The van der Waals surface area contributed by atoms with Crippen molar-refractivity contribution < 1.29 is 4.74 Å². The Morgan fingerprint density at radius 2 is 1.84 bits per heavy atom. The van der Waals surface area contributed by atoms with Crippen LogP contribution in [-0.2, 0) is 6.42 Å². The highest BCUT2D eigenvalue weighted by molar-refractivity contribution is 8.22. The molecule has 7 rings (SSSR count). The van der Waals surface area contributed by atoms with Gasteiger partial charge >= 0.3 is 0 Å². The normalized spacial score (nSPS) is 25.1. The first-order valence-corrected chi connectivity index (χ1v) is 12.0. The average molecular weight is 425 g/mol. The first-order chi connectivity index (χ1) is 15.1. The number of thioether (sulfide) groups is 1. The largest absolute Gasteiger partial charge is 0.493 e. The number of amidine groups is 1. The molecule has 0 spiro atoms. The number of rotatable bonds is 0. The minimum Gasteiger partial charge on any atom is -0.493 e. The Kier molecular flexibility index (Phi) is 3.56. The Labute approximate surface area is 186 Å². The molecule has 0 N–H and O–H groups in total. The Morgan fingerprint density at radius 1 is 1.00 bits per heavy atom. The Bertz CT molecular complexity index is 1320. The Balaban J connectivity index is 1.42. The van der Waals surface area contributed by atoms with Crippen LogP contribution in [0.5, 0.6) is 5.75 Å². The van der Waals surface area contributed by atoms with Gasteiger partial charge in [0.2, 0.25) is 0 Å². The molecule has 154 valence electrons. The Hall–Kier alpha value is -2.72. The summed E-state index contributed by atoms with van der Waals surface area (Å²) in [6.07, 6.45) is 2.19. The number of hydrogen-bond acceptors (Lipinski definition) is 4. The Morgan fingerprint density at radius 3 is 2.77 bits per heavy atom. The van der Waals surface area contributed by atoms with Gasteiger partial charge in [-0.2, -0.15) is 0 Å². The van der Waals surface area contributed by atoms with Crippen LogP contribution in [0.15, 0.2) is 71.4 Å². The van der Waals surface area contributed by atoms with Crippen molar-refractivity contribution in [3.8, 4) is 5.75 Å². The van der Waals surface area contributed by atoms with Crippen LogP contribution in [0.4, 0.5) is 0 Å². The number of fused-ring (bicyclic) bond motifs is 9. The average Bonchev–Trinajstić information content (AvgIpc) is 3.18. The minimum atomic E-state index is -0.0627. The molecule has 3 aromatic rings. The van der Waals surface area contributed by atoms with Crippen LogP contribution >= 0.6 is 11.8 Å². The maximum Gasteiger partial charge on any atom is 0.169 e. The van der Waals surface area contributed by atoms with Crippen LogP contribution in [0, 0.1) is 5.92 Å². The van der Waals surface area contributed by atoms with Crippen LogP contribution in [0.1, 0.15) is 43.0 Å². The zero-order valence-electron chi connectivity index (χ0n) is 17.8. The zero-order chi connectivity index (χ0) is 20.7. The molecule has 4 heteroatoms. The molecule has 0 saturated heterocycles. The van der Waals surface area contributed by atoms with Crippen LogP contribution in [0.3, 0.4) is 0 Å². The van der Waals surface area contributed by atoms with Crippen molar-refractivity contribution in [2.75, 3.05) is 6.61 Å². The highest BCUT2D eigenvalue weighted by Gasteiger charge is 2.53. The molecule has 3 nitrogen and oxygen atoms in total. The number of aliphatic imine (C=N–C) groups is 1. The van der Waals surface area contributed by atoms with Gasteiger partial charge in [0.05, 0.1) is 12.6 Å². The number of aryl methyl sites for hydroxylation is 1. The van der Waals surface area contributed by atoms with Gasteiger partial charge in [0.1, 0.15) is 5.75 Å². The lowest BCUT2D eigenvalue weighted by Gasteiger charge is -2.51. The lowest BCUT2D eigenvalue weighted by molar-refractivity contribution is 0.0635. The van der Waals surface area contributed by atoms with Gasteiger partial charge in [0.25, 0.3) is 0 Å². The van der Waals surface area contributed by atoms with Crippen molar-refractivity contribution in [3.05, 3.63) is 83.1 Å². The molecule has 0 bridgehead atoms. The fourth-order valence-electron chi connectivity index (χ4n) is 5.95. The third-order valence-corrected chi connectivity index (χ3v) is 8.70. The number of hydrogen-bond donors (Lipinski definition) is 0. The molecular weight excluding hydrogens is 400 g/mol. The first-order valence-electron chi connectivity index (χ1n) is 11.1. The summed E-state index contributed by atoms with van der Waals surface area (Å²) in [6.45, 7) is 5.48. The van der Waals surface area contributed by atoms with Gasteiger partial charge in [-0.05, 0) is 66.4 Å². The summed E-state index contributed by atoms with van der Waals surface area (Å²) < 4.78 is 6.36. The van der Waals surface area contributed by atoms with Crippen molar-refractivity contribution in [1.29, 1.82) is 0 Å². The van der Waals surface area contributed by atoms with E-state index in [1.165, 1.54) is 38.1 Å². The van der Waals surface area contributed by atoms with E-state index in [0.29, 0.717) is 12.5 Å². The molecule has 31 heavy (non-hydrogen) atoms. The summed E-state index contributed by atoms with van der Waals surface area (Å²) >= 11 is 1.87. The second kappa shape index (κ2) is 6.17. The predicted octanol–water partition coefficient (Wildman–Crippen LogP) is 6.40. The van der Waals surface area contributed by atoms with E-state index in [1.54, 1.807) is 0 Å². The van der Waals surface area contributed by atoms with Crippen molar-refractivity contribution in [2.24, 2.45) is 10.9 Å². The van der Waals surface area contributed by atoms with Crippen LogP contribution in [0.2, 0.25) is 0 Å². The fourth-order valence-corrected chi connectivity index (χ4v) is 7.35. The second-order valence-corrected chi connectivity index (χ2v) is 10.5. The van der Waals surface area contributed by atoms with E-state index in [4.69, 9.17) is 9.73 Å². The topological polar surface area (TPSA) is 24.8 Å². The first kappa shape index (κ1) is 17.9. The van der Waals surface area contributed by atoms with Gasteiger partial charge in [0, 0.05) is 27.6 Å². The molecular formula is C27H24N2OS. The van der Waals surface area contributed by atoms with E-state index in [1.807, 2.05) is 11.8 Å². The molecule has 4 aliphatic rings. The highest BCUT2D eigenvalue weighted by atomic mass is 32.2. The van der Waals surface area contributed by atoms with Crippen LogP contribution in [-0.4, -0.2) is 22.2 Å². The third-order valence-electron chi connectivity index (χ3n) is 7.57. The quantitative estimate of drug-likeness (QED) is 0.417. The molecule has 0 unspecified atom stereocenters. The minimum absolute atomic E-state index is 0.0627. The van der Waals surface area contributed by atoms with E-state index in [2.05, 4.69) is 79.4 Å². The summed E-state index contributed by atoms with van der Waals surface area (Å²) in [4.78, 5) is 9.39. The third kappa shape index (κ3) is 2.34. The smallest absolute Gasteiger partial charge is 0.169 e. The van der Waals surface area contributed by atoms with Crippen LogP contribution < -0.4 is 4.74 Å². The van der Waals surface area contributed by atoms with Crippen molar-refractivity contribution in [2.45, 2.75) is 38.3 Å². The summed E-state index contributed by atoms with van der Waals surface area (Å²) in [6, 6.07) is 22.0. The lowest BCUT2D eigenvalue weighted by atomic mass is 9.74. The summed E-state index contributed by atoms with van der Waals surface area (Å²) in [5.74, 6) is 1.30. The van der Waals surface area contributed by atoms with Gasteiger partial charge in [-0.25, -0.2) is 0 Å². The van der Waals surface area contributed by atoms with Gasteiger partial charge in [-0.1, -0.05) is 54.6 Å². The summed E-state index contributed by atoms with van der Waals surface area (Å²) in [7, 11) is 0. The molecule has 2 atom stereocenters. The number of ether oxygens (including phenoxy) is 1. The van der Waals surface area contributed by atoms with Gasteiger partial charge in [-0.3, -0.25) is 4.99 Å². The molecule has 0 radical (unpaired) electrons. The van der Waals surface area contributed by atoms with E-state index in [0.717, 1.165) is 23.8 Å². The number of allylic oxidation sites excluding steroid dienone is 1. The van der Waals surface area contributed by atoms with E-state index >= 15 is 0 Å². The molecule has 3 aliphatic heterocycles. The molecule has 0 saturated carbocycles. The van der Waals surface area contributed by atoms with Crippen molar-refractivity contribution >= 4 is 32.6 Å². The molecule has 0 amide bonds. The zero-order valence-corrected chi connectivity index (χ0v) is 18.6. The maximum absolute atomic E-state index is 6.36. The predicted molar refractivity (Wildman–Crippen MR) is 128 cm³/mol. The lowest BCUT2D eigenvalue weighted by Crippen LogP contribution is -2.57. The second-order valence-electron chi connectivity index (χ2n) is 9.50. The van der Waals surface area contributed by atoms with E-state index < -0.39 is 0 Å². The standard InChI is InChI=1S/C27H24N2OS/c1-27(2)20-15-30-22-14-12-16-7-3-5-9-18(16)23(22)24(20)28-26-29(27)21-13-11-17-8-4-6-10-19(17)25(21)31-26/h3-10,12,14,20,24H,11,13,15H2,1-2H3/t20-,24-/m0/s1. The molecule has 3 aromatic carbocycles. The number of nitrogens with zero attached hydrogens (tertiary/aromatic N) is 2. The summed E-state index contributed by atoms with van der Waals surface area (Å²) in [5, 5.41) is 3.69. The molecule has 3 heterocycles. The molecule has 0 fully saturated rings. The van der Waals surface area contributed by atoms with Crippen molar-refractivity contribution in [3.63, 3.8) is 0 Å². The highest BCUT2D eigenvalue weighted by Crippen LogP contribution is 2.57. The van der Waals surface area contributed by atoms with Crippen LogP contribution in [0.25, 0.3) is 15.7 Å². The number of benzene rings is 3. The molecule has 1 aliphatic carbocycles. The van der Waals surface area contributed by atoms with E-state index in [9.17, 15) is 0 Å². The van der Waals surface area contributed by atoms with Gasteiger partial charge in [0.15, 0.2) is 5.17 Å². The van der Waals surface area contributed by atoms with Gasteiger partial charge < -0.3 is 9.64 Å². The fraction of sp³-hybridized carbons (Fsp3) is 0.296. The maximum atomic E-state index is 6.36. The summed E-state index contributed by atoms with van der Waals surface area (Å²) in [5.41, 5.74) is 5.51. The van der Waals surface area contributed by atoms with Gasteiger partial charge in [-0.15, -0.1) is 0 Å². The van der Waals surface area contributed by atoms with E-state index in [-0.39, 0.29) is 11.6 Å². The van der Waals surface area contributed by atoms with Crippen molar-refractivity contribution in [1.82, 2.24) is 4.90 Å². The molecule has 0 aromatic heterocycles. The monoisotopic (exact) mass is 424 g/mol.